The summed E-state index contributed by atoms with van der Waals surface area (Å²) in [6.45, 7) is 0. The lowest BCUT2D eigenvalue weighted by Crippen LogP contribution is -2.33. The Morgan fingerprint density at radius 1 is 1.10 bits per heavy atom. The molecule has 20 heavy (non-hydrogen) atoms. The molecule has 2 aromatic rings. The molecule has 0 fully saturated rings. The molecule has 1 aliphatic carbocycles. The summed E-state index contributed by atoms with van der Waals surface area (Å²) in [6, 6.07) is 13.5. The van der Waals surface area contributed by atoms with Crippen molar-refractivity contribution in [1.82, 2.24) is 0 Å². The van der Waals surface area contributed by atoms with E-state index in [1.54, 1.807) is 18.2 Å². The number of hydrogen-bond donors (Lipinski definition) is 1. The fourth-order valence-corrected chi connectivity index (χ4v) is 3.22. The molecule has 0 amide bonds. The third-order valence-corrected chi connectivity index (χ3v) is 4.47. The summed E-state index contributed by atoms with van der Waals surface area (Å²) in [5.74, 6) is 0.0471. The summed E-state index contributed by atoms with van der Waals surface area (Å²) < 4.78 is 13.9. The summed E-state index contributed by atoms with van der Waals surface area (Å²) in [6.07, 6.45) is 2.50. The van der Waals surface area contributed by atoms with Gasteiger partial charge in [0.15, 0.2) is 0 Å². The molecule has 0 bridgehead atoms. The fraction of sp³-hybridized carbons (Fsp3) is 0.294. The standard InChI is InChI=1S/C17H17ClFN/c18-15-7-3-6-13(17(15)19)10-16(20)14-8-11-4-1-2-5-12(11)9-14/h1-7,14,16H,8-10,20H2. The zero-order valence-electron chi connectivity index (χ0n) is 11.2. The van der Waals surface area contributed by atoms with Crippen LogP contribution in [0.3, 0.4) is 0 Å². The number of benzene rings is 2. The summed E-state index contributed by atoms with van der Waals surface area (Å²) in [7, 11) is 0. The van der Waals surface area contributed by atoms with Crippen LogP contribution in [0.15, 0.2) is 42.5 Å². The molecule has 0 aromatic heterocycles. The van der Waals surface area contributed by atoms with Gasteiger partial charge in [-0.1, -0.05) is 48.0 Å². The van der Waals surface area contributed by atoms with Crippen LogP contribution in [0.25, 0.3) is 0 Å². The first-order valence-corrected chi connectivity index (χ1v) is 7.28. The van der Waals surface area contributed by atoms with Crippen molar-refractivity contribution in [3.63, 3.8) is 0 Å². The van der Waals surface area contributed by atoms with E-state index in [-0.39, 0.29) is 16.9 Å². The van der Waals surface area contributed by atoms with Crippen molar-refractivity contribution in [3.8, 4) is 0 Å². The Balaban J connectivity index is 1.72. The quantitative estimate of drug-likeness (QED) is 0.915. The molecule has 2 N–H and O–H groups in total. The van der Waals surface area contributed by atoms with E-state index in [2.05, 4.69) is 24.3 Å². The monoisotopic (exact) mass is 289 g/mol. The van der Waals surface area contributed by atoms with Gasteiger partial charge in [0, 0.05) is 6.04 Å². The molecule has 0 saturated heterocycles. The molecule has 1 nitrogen and oxygen atoms in total. The molecular weight excluding hydrogens is 273 g/mol. The highest BCUT2D eigenvalue weighted by molar-refractivity contribution is 6.30. The first-order valence-electron chi connectivity index (χ1n) is 6.90. The minimum absolute atomic E-state index is 0.0460. The van der Waals surface area contributed by atoms with Crippen LogP contribution in [0.5, 0.6) is 0 Å². The van der Waals surface area contributed by atoms with Gasteiger partial charge >= 0.3 is 0 Å². The molecule has 3 heteroatoms. The van der Waals surface area contributed by atoms with Gasteiger partial charge in [-0.25, -0.2) is 4.39 Å². The normalized spacial score (nSPS) is 16.1. The van der Waals surface area contributed by atoms with E-state index in [1.807, 2.05) is 0 Å². The average Bonchev–Trinajstić information content (AvgIpc) is 2.88. The molecule has 3 rings (SSSR count). The predicted octanol–water partition coefficient (Wildman–Crippen LogP) is 3.76. The second-order valence-electron chi connectivity index (χ2n) is 5.52. The summed E-state index contributed by atoms with van der Waals surface area (Å²) in [5, 5.41) is 0.171. The maximum atomic E-state index is 13.9. The topological polar surface area (TPSA) is 26.0 Å². The predicted molar refractivity (Wildman–Crippen MR) is 80.4 cm³/mol. The lowest BCUT2D eigenvalue weighted by molar-refractivity contribution is 0.431. The van der Waals surface area contributed by atoms with Gasteiger partial charge in [0.25, 0.3) is 0 Å². The van der Waals surface area contributed by atoms with Gasteiger partial charge in [-0.2, -0.15) is 0 Å². The highest BCUT2D eigenvalue weighted by Gasteiger charge is 2.26. The Kier molecular flexibility index (Phi) is 3.77. The van der Waals surface area contributed by atoms with Crippen molar-refractivity contribution in [3.05, 3.63) is 70.0 Å². The van der Waals surface area contributed by atoms with Gasteiger partial charge < -0.3 is 5.73 Å². The summed E-state index contributed by atoms with van der Waals surface area (Å²) in [4.78, 5) is 0. The van der Waals surface area contributed by atoms with E-state index >= 15 is 0 Å². The number of rotatable bonds is 3. The number of nitrogens with two attached hydrogens (primary N) is 1. The third-order valence-electron chi connectivity index (χ3n) is 4.18. The second-order valence-corrected chi connectivity index (χ2v) is 5.93. The van der Waals surface area contributed by atoms with Crippen LogP contribution in [0.1, 0.15) is 16.7 Å². The molecule has 0 saturated carbocycles. The first kappa shape index (κ1) is 13.6. The van der Waals surface area contributed by atoms with E-state index in [0.29, 0.717) is 17.9 Å². The van der Waals surface area contributed by atoms with Crippen LogP contribution < -0.4 is 5.73 Å². The van der Waals surface area contributed by atoms with Crippen molar-refractivity contribution in [2.24, 2.45) is 11.7 Å². The number of hydrogen-bond acceptors (Lipinski definition) is 1. The van der Waals surface area contributed by atoms with E-state index in [9.17, 15) is 4.39 Å². The Bertz CT molecular complexity index is 601. The lowest BCUT2D eigenvalue weighted by atomic mass is 9.92. The van der Waals surface area contributed by atoms with E-state index in [0.717, 1.165) is 12.8 Å². The van der Waals surface area contributed by atoms with E-state index < -0.39 is 0 Å². The first-order chi connectivity index (χ1) is 9.65. The van der Waals surface area contributed by atoms with Crippen molar-refractivity contribution in [2.75, 3.05) is 0 Å². The second kappa shape index (κ2) is 5.55. The van der Waals surface area contributed by atoms with Gasteiger partial charge in [-0.15, -0.1) is 0 Å². The molecule has 104 valence electrons. The number of halogens is 2. The maximum Gasteiger partial charge on any atom is 0.145 e. The molecule has 0 heterocycles. The van der Waals surface area contributed by atoms with Crippen LogP contribution in [0.4, 0.5) is 4.39 Å². The molecule has 2 aromatic carbocycles. The third kappa shape index (κ3) is 2.58. The Morgan fingerprint density at radius 3 is 2.40 bits per heavy atom. The minimum atomic E-state index is -0.333. The SMILES string of the molecule is NC(Cc1cccc(Cl)c1F)C1Cc2ccccc2C1. The van der Waals surface area contributed by atoms with Crippen molar-refractivity contribution >= 4 is 11.6 Å². The van der Waals surface area contributed by atoms with Gasteiger partial charge in [0.1, 0.15) is 5.82 Å². The van der Waals surface area contributed by atoms with Crippen molar-refractivity contribution in [1.29, 1.82) is 0 Å². The number of fused-ring (bicyclic) bond motifs is 1. The highest BCUT2D eigenvalue weighted by atomic mass is 35.5. The fourth-order valence-electron chi connectivity index (χ4n) is 3.02. The smallest absolute Gasteiger partial charge is 0.145 e. The van der Waals surface area contributed by atoms with Gasteiger partial charge in [-0.05, 0) is 47.9 Å². The van der Waals surface area contributed by atoms with Crippen molar-refractivity contribution in [2.45, 2.75) is 25.3 Å². The molecule has 0 radical (unpaired) electrons. The van der Waals surface area contributed by atoms with E-state index in [1.165, 1.54) is 11.1 Å². The Morgan fingerprint density at radius 2 is 1.75 bits per heavy atom. The van der Waals surface area contributed by atoms with Crippen LogP contribution >= 0.6 is 11.6 Å². The zero-order valence-corrected chi connectivity index (χ0v) is 11.9. The lowest BCUT2D eigenvalue weighted by Gasteiger charge is -2.19. The van der Waals surface area contributed by atoms with Gasteiger partial charge in [0.2, 0.25) is 0 Å². The molecule has 0 spiro atoms. The van der Waals surface area contributed by atoms with Crippen LogP contribution in [0.2, 0.25) is 5.02 Å². The Labute approximate surface area is 123 Å². The molecule has 1 unspecified atom stereocenters. The van der Waals surface area contributed by atoms with Crippen LogP contribution in [-0.4, -0.2) is 6.04 Å². The molecule has 1 aliphatic rings. The van der Waals surface area contributed by atoms with Gasteiger partial charge in [-0.3, -0.25) is 0 Å². The minimum Gasteiger partial charge on any atom is -0.327 e. The van der Waals surface area contributed by atoms with Gasteiger partial charge in [0.05, 0.1) is 5.02 Å². The largest absolute Gasteiger partial charge is 0.327 e. The summed E-state index contributed by atoms with van der Waals surface area (Å²) in [5.41, 5.74) is 9.66. The Hall–Kier alpha value is -1.38. The van der Waals surface area contributed by atoms with Crippen LogP contribution in [0, 0.1) is 11.7 Å². The maximum absolute atomic E-state index is 13.9. The van der Waals surface area contributed by atoms with E-state index in [4.69, 9.17) is 17.3 Å². The van der Waals surface area contributed by atoms with Crippen molar-refractivity contribution < 1.29 is 4.39 Å². The summed E-state index contributed by atoms with van der Waals surface area (Å²) >= 11 is 5.81. The molecular formula is C17H17ClFN. The zero-order chi connectivity index (χ0) is 14.1. The van der Waals surface area contributed by atoms with Crippen LogP contribution in [-0.2, 0) is 19.3 Å². The molecule has 1 atom stereocenters. The average molecular weight is 290 g/mol. The molecule has 0 aliphatic heterocycles. The highest BCUT2D eigenvalue weighted by Crippen LogP contribution is 2.30.